The van der Waals surface area contributed by atoms with Crippen molar-refractivity contribution < 1.29 is 0 Å². The fraction of sp³-hybridized carbons (Fsp3) is 0.0167. The van der Waals surface area contributed by atoms with Crippen molar-refractivity contribution in [2.45, 2.75) is 10.8 Å². The molecule has 0 radical (unpaired) electrons. The summed E-state index contributed by atoms with van der Waals surface area (Å²) in [7, 11) is 0. The van der Waals surface area contributed by atoms with Gasteiger partial charge in [-0.15, -0.1) is 0 Å². The zero-order chi connectivity index (χ0) is 83.5. The maximum absolute atomic E-state index is 5.07. The smallest absolute Gasteiger partial charge is 0.164 e. The van der Waals surface area contributed by atoms with Crippen molar-refractivity contribution in [3.63, 3.8) is 0 Å². The molecular formula is C120H78N6. The Morgan fingerprint density at radius 2 is 0.437 bits per heavy atom. The first-order valence-corrected chi connectivity index (χ1v) is 43.0. The lowest BCUT2D eigenvalue weighted by atomic mass is 9.66. The second-order valence-electron chi connectivity index (χ2n) is 32.6. The molecule has 2 aliphatic carbocycles. The summed E-state index contributed by atoms with van der Waals surface area (Å²) in [4.78, 5) is 29.8. The van der Waals surface area contributed by atoms with E-state index in [1.165, 1.54) is 132 Å². The van der Waals surface area contributed by atoms with Crippen molar-refractivity contribution in [3.05, 3.63) is 518 Å². The van der Waals surface area contributed by atoms with Gasteiger partial charge in [0.25, 0.3) is 0 Å². The average molecular weight is 1600 g/mol. The molecule has 22 aromatic rings. The lowest BCUT2D eigenvalue weighted by molar-refractivity contribution is 0.775. The molecule has 2 aliphatic rings. The van der Waals surface area contributed by atoms with E-state index in [1.54, 1.807) is 0 Å². The molecule has 0 atom stereocenters. The second kappa shape index (κ2) is 31.5. The topological polar surface area (TPSA) is 77.3 Å². The summed E-state index contributed by atoms with van der Waals surface area (Å²) in [5, 5.41) is 9.73. The molecule has 20 aromatic carbocycles. The van der Waals surface area contributed by atoms with E-state index >= 15 is 0 Å². The van der Waals surface area contributed by atoms with Gasteiger partial charge < -0.3 is 0 Å². The average Bonchev–Trinajstić information content (AvgIpc) is 1.53. The van der Waals surface area contributed by atoms with Crippen LogP contribution in [0.2, 0.25) is 0 Å². The molecule has 0 unspecified atom stereocenters. The summed E-state index contributed by atoms with van der Waals surface area (Å²) >= 11 is 0. The van der Waals surface area contributed by atoms with Gasteiger partial charge in [-0.2, -0.15) is 0 Å². The van der Waals surface area contributed by atoms with E-state index in [4.69, 9.17) is 29.9 Å². The van der Waals surface area contributed by atoms with E-state index in [1.807, 2.05) is 91.0 Å². The normalized spacial score (nSPS) is 12.6. The molecule has 0 amide bonds. The molecule has 24 rings (SSSR count). The zero-order valence-electron chi connectivity index (χ0n) is 68.7. The summed E-state index contributed by atoms with van der Waals surface area (Å²) in [5.74, 6) is 3.89. The lowest BCUT2D eigenvalue weighted by Gasteiger charge is -2.34. The van der Waals surface area contributed by atoms with Crippen molar-refractivity contribution in [1.82, 2.24) is 29.9 Å². The third-order valence-electron chi connectivity index (χ3n) is 25.6. The molecule has 6 nitrogen and oxygen atoms in total. The van der Waals surface area contributed by atoms with Gasteiger partial charge in [0.1, 0.15) is 0 Å². The SMILES string of the molecule is c1ccc(-c2nc(-c3ccc(-c4ccc(-c5ccc6c7c(ccc6c5)-c5ccccc5C7(c5ccccc5)c5ccccc5)c5ccccc45)cc3)nc(-c3ccc4ccccc4c3)n2)cc1.c1ccc(-c2nc(-c3ccccc3)nc(-c3ccc(-c4cccc(-c5ccc6ccc7c(c6c5)C(c5ccccc5)(c5ccccc5)c5ccccc5-7)c4)cc3)n2)cc1. The molecule has 0 bridgehead atoms. The van der Waals surface area contributed by atoms with Crippen LogP contribution in [0.5, 0.6) is 0 Å². The quantitative estimate of drug-likeness (QED) is 0.108. The van der Waals surface area contributed by atoms with E-state index in [9.17, 15) is 0 Å². The van der Waals surface area contributed by atoms with E-state index in [0.29, 0.717) is 34.9 Å². The highest BCUT2D eigenvalue weighted by molar-refractivity contribution is 6.08. The Morgan fingerprint density at radius 3 is 0.921 bits per heavy atom. The number of hydrogen-bond acceptors (Lipinski definition) is 6. The number of hydrogen-bond donors (Lipinski definition) is 0. The van der Waals surface area contributed by atoms with Crippen molar-refractivity contribution in [3.8, 4) is 135 Å². The molecule has 588 valence electrons. The fourth-order valence-corrected chi connectivity index (χ4v) is 19.8. The summed E-state index contributed by atoms with van der Waals surface area (Å²) in [6, 6.07) is 170. The van der Waals surface area contributed by atoms with E-state index in [2.05, 4.69) is 382 Å². The molecule has 2 heterocycles. The van der Waals surface area contributed by atoms with Crippen LogP contribution >= 0.6 is 0 Å². The second-order valence-corrected chi connectivity index (χ2v) is 32.6. The van der Waals surface area contributed by atoms with Crippen LogP contribution in [0.25, 0.3) is 178 Å². The summed E-state index contributed by atoms with van der Waals surface area (Å²) in [5.41, 5.74) is 29.6. The van der Waals surface area contributed by atoms with Gasteiger partial charge in [0.2, 0.25) is 0 Å². The number of aromatic nitrogens is 6. The largest absolute Gasteiger partial charge is 0.208 e. The van der Waals surface area contributed by atoms with Gasteiger partial charge in [-0.1, -0.05) is 449 Å². The van der Waals surface area contributed by atoms with E-state index < -0.39 is 10.8 Å². The Labute approximate surface area is 731 Å². The molecular weight excluding hydrogens is 1530 g/mol. The number of benzene rings is 20. The lowest BCUT2D eigenvalue weighted by Crippen LogP contribution is -2.28. The molecule has 6 heteroatoms. The number of nitrogens with zero attached hydrogens (tertiary/aromatic N) is 6. The van der Waals surface area contributed by atoms with Crippen LogP contribution in [0.15, 0.2) is 473 Å². The van der Waals surface area contributed by atoms with Crippen molar-refractivity contribution in [2.24, 2.45) is 0 Å². The van der Waals surface area contributed by atoms with Crippen LogP contribution in [-0.2, 0) is 10.8 Å². The van der Waals surface area contributed by atoms with Gasteiger partial charge in [0.05, 0.1) is 10.8 Å². The fourth-order valence-electron chi connectivity index (χ4n) is 19.8. The van der Waals surface area contributed by atoms with Crippen LogP contribution in [0.1, 0.15) is 44.5 Å². The van der Waals surface area contributed by atoms with Gasteiger partial charge in [-0.05, 0) is 179 Å². The molecule has 2 aromatic heterocycles. The first kappa shape index (κ1) is 74.5. The first-order chi connectivity index (χ1) is 62.4. The van der Waals surface area contributed by atoms with Crippen LogP contribution in [0.4, 0.5) is 0 Å². The van der Waals surface area contributed by atoms with Crippen molar-refractivity contribution in [2.75, 3.05) is 0 Å². The highest BCUT2D eigenvalue weighted by atomic mass is 15.0. The van der Waals surface area contributed by atoms with Gasteiger partial charge >= 0.3 is 0 Å². The summed E-state index contributed by atoms with van der Waals surface area (Å²) < 4.78 is 0. The Morgan fingerprint density at radius 1 is 0.135 bits per heavy atom. The van der Waals surface area contributed by atoms with Crippen LogP contribution in [0.3, 0.4) is 0 Å². The molecule has 0 saturated carbocycles. The van der Waals surface area contributed by atoms with Crippen molar-refractivity contribution >= 4 is 43.1 Å². The zero-order valence-corrected chi connectivity index (χ0v) is 68.7. The predicted octanol–water partition coefficient (Wildman–Crippen LogP) is 29.8. The van der Waals surface area contributed by atoms with Crippen LogP contribution in [0, 0.1) is 0 Å². The minimum absolute atomic E-state index is 0.466. The van der Waals surface area contributed by atoms with E-state index in [-0.39, 0.29) is 0 Å². The number of rotatable bonds is 14. The Balaban J connectivity index is 0.000000146. The Hall–Kier alpha value is -16.5. The third-order valence-corrected chi connectivity index (χ3v) is 25.6. The number of fused-ring (bicyclic) bond motifs is 12. The highest BCUT2D eigenvalue weighted by Crippen LogP contribution is 2.60. The first-order valence-electron chi connectivity index (χ1n) is 43.0. The maximum Gasteiger partial charge on any atom is 0.164 e. The van der Waals surface area contributed by atoms with Gasteiger partial charge in [-0.3, -0.25) is 0 Å². The van der Waals surface area contributed by atoms with Gasteiger partial charge in [-0.25, -0.2) is 29.9 Å². The Bertz CT molecular complexity index is 7770. The molecule has 0 spiro atoms. The third kappa shape index (κ3) is 12.9. The standard InChI is InChI=1S/C64H41N3.C56H37N3/c1-4-17-44(18-5-1)61-65-62(67-63(66-61)49-33-28-42-16-10-11-19-46(42)40-49)45-31-29-43(30-32-45)52-38-39-53(56-25-13-12-24-55(52)56)47-34-36-54-48(41-47)35-37-58-57-26-14-15-27-59(57)64(60(54)58,50-20-6-2-7-21-50)51-22-8-3-9-23-51;1-5-16-40(17-6-1)53-57-54(41-18-7-2-8-19-41)59-55(58-53)42-31-28-38(29-32-42)43-20-15-21-44(36-43)45-33-30-39-34-35-49-48-26-13-14-27-51(48)56(52(49)50(39)37-45,46-22-9-3-10-23-46)47-24-11-4-12-25-47/h1-41H;1-37H. The molecule has 0 fully saturated rings. The van der Waals surface area contributed by atoms with E-state index in [0.717, 1.165) is 55.5 Å². The molecule has 0 saturated heterocycles. The monoisotopic (exact) mass is 1600 g/mol. The minimum Gasteiger partial charge on any atom is -0.208 e. The summed E-state index contributed by atoms with van der Waals surface area (Å²) in [6.07, 6.45) is 0. The van der Waals surface area contributed by atoms with Crippen LogP contribution in [-0.4, -0.2) is 29.9 Å². The van der Waals surface area contributed by atoms with Gasteiger partial charge in [0, 0.05) is 33.4 Å². The van der Waals surface area contributed by atoms with Crippen LogP contribution < -0.4 is 0 Å². The molecule has 0 aliphatic heterocycles. The molecule has 0 N–H and O–H groups in total. The highest BCUT2D eigenvalue weighted by Gasteiger charge is 2.49. The maximum atomic E-state index is 5.07. The summed E-state index contributed by atoms with van der Waals surface area (Å²) in [6.45, 7) is 0. The molecule has 126 heavy (non-hydrogen) atoms. The minimum atomic E-state index is -0.474. The predicted molar refractivity (Wildman–Crippen MR) is 519 cm³/mol. The van der Waals surface area contributed by atoms with Gasteiger partial charge in [0.15, 0.2) is 34.9 Å². The Kier molecular flexibility index (Phi) is 18.6. The van der Waals surface area contributed by atoms with Crippen molar-refractivity contribution in [1.29, 1.82) is 0 Å².